The number of fused-ring (bicyclic) bond motifs is 2. The minimum absolute atomic E-state index is 0.142. The van der Waals surface area contributed by atoms with E-state index >= 15 is 0 Å². The molecule has 0 amide bonds. The normalized spacial score (nSPS) is 42.9. The smallest absolute Gasteiger partial charge is 0.0978 e. The van der Waals surface area contributed by atoms with E-state index in [2.05, 4.69) is 33.4 Å². The van der Waals surface area contributed by atoms with Gasteiger partial charge in [0.2, 0.25) is 0 Å². The van der Waals surface area contributed by atoms with Crippen LogP contribution in [0, 0.1) is 11.3 Å². The monoisotopic (exact) mass is 236 g/mol. The van der Waals surface area contributed by atoms with Gasteiger partial charge in [-0.2, -0.15) is 0 Å². The molecule has 17 heavy (non-hydrogen) atoms. The summed E-state index contributed by atoms with van der Waals surface area (Å²) in [5, 5.41) is 10.0. The van der Waals surface area contributed by atoms with Crippen molar-refractivity contribution in [2.24, 2.45) is 11.3 Å². The molecule has 1 N–H and O–H groups in total. The Labute approximate surface area is 104 Å². The van der Waals surface area contributed by atoms with E-state index in [1.807, 2.05) is 6.08 Å². The van der Waals surface area contributed by atoms with Crippen LogP contribution in [-0.4, -0.2) is 22.4 Å². The van der Waals surface area contributed by atoms with Crippen molar-refractivity contribution in [1.82, 2.24) is 0 Å². The topological polar surface area (TPSA) is 29.5 Å². The fourth-order valence-corrected chi connectivity index (χ4v) is 3.48. The molecule has 2 nitrogen and oxygen atoms in total. The van der Waals surface area contributed by atoms with Crippen LogP contribution in [0.5, 0.6) is 0 Å². The van der Waals surface area contributed by atoms with Crippen LogP contribution < -0.4 is 0 Å². The molecule has 2 saturated heterocycles. The maximum Gasteiger partial charge on any atom is 0.0978 e. The van der Waals surface area contributed by atoms with Crippen molar-refractivity contribution in [3.63, 3.8) is 0 Å². The third-order valence-electron chi connectivity index (χ3n) is 4.59. The first-order valence-corrected chi connectivity index (χ1v) is 6.47. The van der Waals surface area contributed by atoms with Crippen LogP contribution in [0.15, 0.2) is 24.8 Å². The summed E-state index contributed by atoms with van der Waals surface area (Å²) in [6.07, 6.45) is 8.08. The van der Waals surface area contributed by atoms with Crippen molar-refractivity contribution in [1.29, 1.82) is 0 Å². The zero-order valence-corrected chi connectivity index (χ0v) is 11.4. The van der Waals surface area contributed by atoms with E-state index in [0.29, 0.717) is 12.0 Å². The predicted molar refractivity (Wildman–Crippen MR) is 69.7 cm³/mol. The van der Waals surface area contributed by atoms with Crippen LogP contribution in [0.4, 0.5) is 0 Å². The highest BCUT2D eigenvalue weighted by molar-refractivity contribution is 5.23. The first kappa shape index (κ1) is 12.8. The maximum atomic E-state index is 10.0. The van der Waals surface area contributed by atoms with Gasteiger partial charge in [0.05, 0.1) is 17.3 Å². The number of hydrogen-bond acceptors (Lipinski definition) is 2. The Morgan fingerprint density at radius 1 is 1.47 bits per heavy atom. The highest BCUT2D eigenvalue weighted by atomic mass is 16.5. The van der Waals surface area contributed by atoms with Gasteiger partial charge in [-0.15, -0.1) is 0 Å². The first-order chi connectivity index (χ1) is 7.72. The van der Waals surface area contributed by atoms with Crippen LogP contribution in [0.1, 0.15) is 40.5 Å². The Kier molecular flexibility index (Phi) is 2.79. The van der Waals surface area contributed by atoms with E-state index in [0.717, 1.165) is 12.8 Å². The van der Waals surface area contributed by atoms with Crippen LogP contribution >= 0.6 is 0 Å². The van der Waals surface area contributed by atoms with E-state index in [1.165, 1.54) is 0 Å². The summed E-state index contributed by atoms with van der Waals surface area (Å²) in [4.78, 5) is 0. The molecule has 0 radical (unpaired) electrons. The highest BCUT2D eigenvalue weighted by Crippen LogP contribution is 2.58. The Morgan fingerprint density at radius 3 is 2.59 bits per heavy atom. The SMILES string of the molecule is C=CC(C)(O)/C=C/C12OC(CC1C)CC2(C)C. The standard InChI is InChI=1S/C15H24O2/c1-6-14(5,16)7-8-15-11(2)9-12(17-15)10-13(15,3)4/h6-8,11-12,16H,1,9-10H2,2-5H3/b8-7+. The number of aliphatic hydroxyl groups is 1. The summed E-state index contributed by atoms with van der Waals surface area (Å²) in [5.74, 6) is 0.508. The third-order valence-corrected chi connectivity index (χ3v) is 4.59. The van der Waals surface area contributed by atoms with Gasteiger partial charge in [0.25, 0.3) is 0 Å². The molecule has 96 valence electrons. The fraction of sp³-hybridized carbons (Fsp3) is 0.733. The first-order valence-electron chi connectivity index (χ1n) is 6.47. The molecular formula is C15H24O2. The van der Waals surface area contributed by atoms with Crippen molar-refractivity contribution in [3.05, 3.63) is 24.8 Å². The lowest BCUT2D eigenvalue weighted by molar-refractivity contribution is -0.0183. The fourth-order valence-electron chi connectivity index (χ4n) is 3.48. The van der Waals surface area contributed by atoms with Gasteiger partial charge in [0.1, 0.15) is 0 Å². The summed E-state index contributed by atoms with van der Waals surface area (Å²) >= 11 is 0. The zero-order chi connectivity index (χ0) is 12.9. The molecule has 4 atom stereocenters. The van der Waals surface area contributed by atoms with Gasteiger partial charge in [-0.25, -0.2) is 0 Å². The van der Waals surface area contributed by atoms with Gasteiger partial charge in [-0.1, -0.05) is 45.6 Å². The minimum atomic E-state index is -0.950. The zero-order valence-electron chi connectivity index (χ0n) is 11.4. The minimum Gasteiger partial charge on any atom is -0.382 e. The molecule has 2 heteroatoms. The Morgan fingerprint density at radius 2 is 2.12 bits per heavy atom. The summed E-state index contributed by atoms with van der Waals surface area (Å²) in [6.45, 7) is 12.2. The van der Waals surface area contributed by atoms with Crippen LogP contribution in [-0.2, 0) is 4.74 Å². The lowest BCUT2D eigenvalue weighted by Gasteiger charge is -2.41. The molecule has 4 unspecified atom stereocenters. The van der Waals surface area contributed by atoms with E-state index in [1.54, 1.807) is 13.0 Å². The average molecular weight is 236 g/mol. The molecule has 2 aliphatic heterocycles. The average Bonchev–Trinajstić information content (AvgIpc) is 2.64. The molecule has 0 aromatic rings. The number of hydrogen-bond donors (Lipinski definition) is 1. The summed E-state index contributed by atoms with van der Waals surface area (Å²) < 4.78 is 6.20. The van der Waals surface area contributed by atoms with E-state index in [4.69, 9.17) is 4.74 Å². The molecule has 2 aliphatic rings. The van der Waals surface area contributed by atoms with Crippen molar-refractivity contribution < 1.29 is 9.84 Å². The lowest BCUT2D eigenvalue weighted by atomic mass is 9.63. The molecule has 2 bridgehead atoms. The molecule has 2 heterocycles. The van der Waals surface area contributed by atoms with Gasteiger partial charge < -0.3 is 9.84 Å². The molecular weight excluding hydrogens is 212 g/mol. The second-order valence-electron chi connectivity index (χ2n) is 6.52. The van der Waals surface area contributed by atoms with Crippen molar-refractivity contribution in [2.45, 2.75) is 57.8 Å². The second-order valence-corrected chi connectivity index (χ2v) is 6.52. The Balaban J connectivity index is 2.31. The van der Waals surface area contributed by atoms with Crippen LogP contribution in [0.3, 0.4) is 0 Å². The van der Waals surface area contributed by atoms with Crippen LogP contribution in [0.2, 0.25) is 0 Å². The molecule has 0 spiro atoms. The molecule has 2 fully saturated rings. The molecule has 0 aromatic carbocycles. The number of ether oxygens (including phenoxy) is 1. The van der Waals surface area contributed by atoms with Crippen molar-refractivity contribution >= 4 is 0 Å². The van der Waals surface area contributed by atoms with E-state index in [-0.39, 0.29) is 11.0 Å². The summed E-state index contributed by atoms with van der Waals surface area (Å²) in [6, 6.07) is 0. The molecule has 0 aromatic heterocycles. The maximum absolute atomic E-state index is 10.0. The van der Waals surface area contributed by atoms with Gasteiger partial charge >= 0.3 is 0 Å². The highest BCUT2D eigenvalue weighted by Gasteiger charge is 2.60. The number of rotatable bonds is 3. The largest absolute Gasteiger partial charge is 0.382 e. The predicted octanol–water partition coefficient (Wildman–Crippen LogP) is 3.07. The molecule has 2 rings (SSSR count). The van der Waals surface area contributed by atoms with Gasteiger partial charge in [-0.05, 0) is 25.7 Å². The van der Waals surface area contributed by atoms with E-state index < -0.39 is 5.60 Å². The third kappa shape index (κ3) is 1.88. The van der Waals surface area contributed by atoms with Gasteiger partial charge in [0, 0.05) is 5.41 Å². The van der Waals surface area contributed by atoms with Gasteiger partial charge in [0.15, 0.2) is 0 Å². The Hall–Kier alpha value is -0.600. The Bertz CT molecular complexity index is 354. The quantitative estimate of drug-likeness (QED) is 0.763. The molecule has 0 aliphatic carbocycles. The summed E-state index contributed by atoms with van der Waals surface area (Å²) in [5.41, 5.74) is -1.03. The lowest BCUT2D eigenvalue weighted by Crippen LogP contribution is -2.45. The van der Waals surface area contributed by atoms with Crippen molar-refractivity contribution in [2.75, 3.05) is 0 Å². The van der Waals surface area contributed by atoms with Gasteiger partial charge in [-0.3, -0.25) is 0 Å². The van der Waals surface area contributed by atoms with Crippen molar-refractivity contribution in [3.8, 4) is 0 Å². The van der Waals surface area contributed by atoms with Crippen LogP contribution in [0.25, 0.3) is 0 Å². The molecule has 0 saturated carbocycles. The van der Waals surface area contributed by atoms with E-state index in [9.17, 15) is 5.11 Å². The summed E-state index contributed by atoms with van der Waals surface area (Å²) in [7, 11) is 0. The second kappa shape index (κ2) is 3.69.